The quantitative estimate of drug-likeness (QED) is 0.340. The summed E-state index contributed by atoms with van der Waals surface area (Å²) in [7, 11) is 0. The molecule has 0 amide bonds. The van der Waals surface area contributed by atoms with Crippen LogP contribution in [0.25, 0.3) is 0 Å². The van der Waals surface area contributed by atoms with E-state index < -0.39 is 0 Å². The van der Waals surface area contributed by atoms with Crippen LogP contribution >= 0.6 is 11.3 Å². The van der Waals surface area contributed by atoms with Crippen molar-refractivity contribution in [2.45, 2.75) is 119 Å². The van der Waals surface area contributed by atoms with E-state index in [1.807, 2.05) is 29.9 Å². The largest absolute Gasteiger partial charge is 0.258 e. The predicted octanol–water partition coefficient (Wildman–Crippen LogP) is 8.84. The van der Waals surface area contributed by atoms with E-state index in [4.69, 9.17) is 0 Å². The van der Waals surface area contributed by atoms with Crippen LogP contribution in [0.4, 0.5) is 0 Å². The Labute approximate surface area is 218 Å². The molecular formula is C29H47N5S. The minimum absolute atomic E-state index is 0.471. The highest BCUT2D eigenvalue weighted by molar-refractivity contribution is 7.11. The monoisotopic (exact) mass is 497 g/mol. The normalized spacial score (nSPS) is 11.3. The second-order valence-electron chi connectivity index (χ2n) is 10.8. The Morgan fingerprint density at radius 3 is 1.06 bits per heavy atom. The smallest absolute Gasteiger partial charge is 0.0953 e. The van der Waals surface area contributed by atoms with Crippen molar-refractivity contribution in [2.75, 3.05) is 0 Å². The molecule has 3 aromatic rings. The zero-order chi connectivity index (χ0) is 26.7. The first-order valence-corrected chi connectivity index (χ1v) is 13.8. The molecule has 0 atom stereocenters. The lowest BCUT2D eigenvalue weighted by atomic mass is 10.1. The molecule has 0 unspecified atom stereocenters. The van der Waals surface area contributed by atoms with Gasteiger partial charge in [-0.1, -0.05) is 83.1 Å². The Balaban J connectivity index is 0.000000263. The molecule has 35 heavy (non-hydrogen) atoms. The molecule has 0 radical (unpaired) electrons. The molecule has 194 valence electrons. The molecule has 0 N–H and O–H groups in total. The number of hydrogen-bond acceptors (Lipinski definition) is 6. The van der Waals surface area contributed by atoms with E-state index in [-0.39, 0.29) is 0 Å². The third-order valence-corrected chi connectivity index (χ3v) is 6.97. The van der Waals surface area contributed by atoms with Gasteiger partial charge >= 0.3 is 0 Å². The van der Waals surface area contributed by atoms with Crippen molar-refractivity contribution < 1.29 is 0 Å². The summed E-state index contributed by atoms with van der Waals surface area (Å²) in [6, 6.07) is 4.12. The predicted molar refractivity (Wildman–Crippen MR) is 151 cm³/mol. The SMILES string of the molecule is CC(C)c1ccc(C(C)C)nn1.CC(C)c1cnc(C(C)C)cn1.CC(C)c1cnc(C(C)C)s1. The van der Waals surface area contributed by atoms with E-state index in [0.717, 1.165) is 22.8 Å². The Morgan fingerprint density at radius 2 is 0.857 bits per heavy atom. The molecule has 0 saturated carbocycles. The third kappa shape index (κ3) is 10.9. The molecular weight excluding hydrogens is 450 g/mol. The zero-order valence-corrected chi connectivity index (χ0v) is 24.8. The molecule has 3 aromatic heterocycles. The summed E-state index contributed by atoms with van der Waals surface area (Å²) in [6.07, 6.45) is 5.75. The standard InChI is InChI=1S/2C10H16N2.C9H15NS/c1-7(2)9-5-12-10(6-11-9)8(3)4;1-7(2)9-5-6-10(8(3)4)12-11-9;1-6(2)8-5-10-9(11-8)7(3)4/h2*5-8H,1-4H3;5-7H,1-4H3. The molecule has 0 aromatic carbocycles. The van der Waals surface area contributed by atoms with Crippen molar-refractivity contribution in [2.24, 2.45) is 0 Å². The number of nitrogens with zero attached hydrogens (tertiary/aromatic N) is 5. The van der Waals surface area contributed by atoms with Crippen molar-refractivity contribution in [3.63, 3.8) is 0 Å². The molecule has 0 aliphatic carbocycles. The summed E-state index contributed by atoms with van der Waals surface area (Å²) >= 11 is 1.84. The first kappa shape index (κ1) is 30.8. The number of hydrogen-bond donors (Lipinski definition) is 0. The van der Waals surface area contributed by atoms with Gasteiger partial charge in [0.2, 0.25) is 0 Å². The van der Waals surface area contributed by atoms with Crippen LogP contribution in [0.1, 0.15) is 151 Å². The van der Waals surface area contributed by atoms with Crippen LogP contribution in [0.2, 0.25) is 0 Å². The average Bonchev–Trinajstić information content (AvgIpc) is 3.31. The van der Waals surface area contributed by atoms with Gasteiger partial charge in [-0.25, -0.2) is 4.98 Å². The fraction of sp³-hybridized carbons (Fsp3) is 0.621. The first-order valence-electron chi connectivity index (χ1n) is 12.9. The van der Waals surface area contributed by atoms with Gasteiger partial charge in [-0.2, -0.15) is 10.2 Å². The van der Waals surface area contributed by atoms with Crippen LogP contribution in [0.3, 0.4) is 0 Å². The van der Waals surface area contributed by atoms with Crippen molar-refractivity contribution in [3.8, 4) is 0 Å². The maximum absolute atomic E-state index is 4.36. The van der Waals surface area contributed by atoms with Gasteiger partial charge in [0.1, 0.15) is 0 Å². The van der Waals surface area contributed by atoms with Crippen molar-refractivity contribution in [3.05, 3.63) is 63.4 Å². The van der Waals surface area contributed by atoms with Gasteiger partial charge in [0.15, 0.2) is 0 Å². The molecule has 6 heteroatoms. The molecule has 0 aliphatic heterocycles. The fourth-order valence-electron chi connectivity index (χ4n) is 2.75. The molecule has 0 bridgehead atoms. The number of aromatic nitrogens is 5. The number of thiazole rings is 1. The van der Waals surface area contributed by atoms with E-state index in [0.29, 0.717) is 35.5 Å². The van der Waals surface area contributed by atoms with Gasteiger partial charge < -0.3 is 0 Å². The molecule has 0 saturated heterocycles. The van der Waals surface area contributed by atoms with Gasteiger partial charge in [0.25, 0.3) is 0 Å². The summed E-state index contributed by atoms with van der Waals surface area (Å²) in [5.74, 6) is 3.09. The molecule has 0 aliphatic rings. The minimum Gasteiger partial charge on any atom is -0.258 e. The van der Waals surface area contributed by atoms with E-state index >= 15 is 0 Å². The van der Waals surface area contributed by atoms with E-state index in [2.05, 4.69) is 120 Å². The molecule has 0 spiro atoms. The second kappa shape index (κ2) is 15.0. The van der Waals surface area contributed by atoms with Crippen LogP contribution in [-0.2, 0) is 0 Å². The third-order valence-electron chi connectivity index (χ3n) is 5.37. The van der Waals surface area contributed by atoms with Gasteiger partial charge in [0, 0.05) is 29.4 Å². The van der Waals surface area contributed by atoms with Gasteiger partial charge in [-0.15, -0.1) is 11.3 Å². The minimum atomic E-state index is 0.471. The van der Waals surface area contributed by atoms with Crippen LogP contribution < -0.4 is 0 Å². The van der Waals surface area contributed by atoms with E-state index in [1.54, 1.807) is 0 Å². The molecule has 3 rings (SSSR count). The van der Waals surface area contributed by atoms with Crippen LogP contribution in [0, 0.1) is 0 Å². The topological polar surface area (TPSA) is 64.5 Å². The first-order chi connectivity index (χ1) is 16.3. The van der Waals surface area contributed by atoms with E-state index in [1.165, 1.54) is 9.88 Å². The second-order valence-corrected chi connectivity index (χ2v) is 11.9. The Kier molecular flexibility index (Phi) is 13.2. The van der Waals surface area contributed by atoms with Gasteiger partial charge in [-0.3, -0.25) is 9.97 Å². The summed E-state index contributed by atoms with van der Waals surface area (Å²) < 4.78 is 0. The van der Waals surface area contributed by atoms with Gasteiger partial charge in [0.05, 0.1) is 27.8 Å². The zero-order valence-electron chi connectivity index (χ0n) is 24.0. The van der Waals surface area contributed by atoms with Crippen molar-refractivity contribution in [1.29, 1.82) is 0 Å². The molecule has 3 heterocycles. The Morgan fingerprint density at radius 1 is 0.457 bits per heavy atom. The lowest BCUT2D eigenvalue weighted by Gasteiger charge is -2.06. The lowest BCUT2D eigenvalue weighted by Crippen LogP contribution is -1.99. The Bertz CT molecular complexity index is 823. The maximum atomic E-state index is 4.36. The van der Waals surface area contributed by atoms with Crippen LogP contribution in [-0.4, -0.2) is 25.1 Å². The number of rotatable bonds is 6. The highest BCUT2D eigenvalue weighted by atomic mass is 32.1. The molecule has 5 nitrogen and oxygen atoms in total. The summed E-state index contributed by atoms with van der Waals surface area (Å²) in [5.41, 5.74) is 4.28. The van der Waals surface area contributed by atoms with E-state index in [9.17, 15) is 0 Å². The van der Waals surface area contributed by atoms with Crippen LogP contribution in [0.15, 0.2) is 30.7 Å². The van der Waals surface area contributed by atoms with Crippen LogP contribution in [0.5, 0.6) is 0 Å². The maximum Gasteiger partial charge on any atom is 0.0953 e. The fourth-order valence-corrected chi connectivity index (χ4v) is 3.67. The molecule has 0 fully saturated rings. The highest BCUT2D eigenvalue weighted by Crippen LogP contribution is 2.26. The Hall–Kier alpha value is -2.21. The van der Waals surface area contributed by atoms with Crippen molar-refractivity contribution in [1.82, 2.24) is 25.1 Å². The van der Waals surface area contributed by atoms with Gasteiger partial charge in [-0.05, 0) is 41.7 Å². The van der Waals surface area contributed by atoms with Crippen molar-refractivity contribution >= 4 is 11.3 Å². The summed E-state index contributed by atoms with van der Waals surface area (Å²) in [5, 5.41) is 9.56. The lowest BCUT2D eigenvalue weighted by molar-refractivity contribution is 0.733. The summed E-state index contributed by atoms with van der Waals surface area (Å²) in [4.78, 5) is 14.4. The highest BCUT2D eigenvalue weighted by Gasteiger charge is 2.07. The summed E-state index contributed by atoms with van der Waals surface area (Å²) in [6.45, 7) is 25.8. The average molecular weight is 498 g/mol.